The minimum absolute atomic E-state index is 0.0646. The maximum absolute atomic E-state index is 11.6. The summed E-state index contributed by atoms with van der Waals surface area (Å²) in [6, 6.07) is 1.83. The largest absolute Gasteiger partial charge is 0.328 e. The van der Waals surface area contributed by atoms with Crippen LogP contribution in [0.25, 0.3) is 10.9 Å². The third-order valence-corrected chi connectivity index (χ3v) is 4.34. The Morgan fingerprint density at radius 3 is 3.06 bits per heavy atom. The monoisotopic (exact) mass is 245 g/mol. The van der Waals surface area contributed by atoms with Crippen molar-refractivity contribution in [2.75, 3.05) is 0 Å². The van der Waals surface area contributed by atoms with E-state index >= 15 is 0 Å². The zero-order valence-corrected chi connectivity index (χ0v) is 10.8. The maximum Gasteiger partial charge on any atom is 0.259 e. The first kappa shape index (κ1) is 10.8. The van der Waals surface area contributed by atoms with Crippen LogP contribution in [0, 0.1) is 0 Å². The van der Waals surface area contributed by atoms with Crippen molar-refractivity contribution >= 4 is 27.5 Å². The van der Waals surface area contributed by atoms with Crippen LogP contribution in [-0.4, -0.2) is 28.0 Å². The second-order valence-electron chi connectivity index (χ2n) is 4.49. The van der Waals surface area contributed by atoms with Gasteiger partial charge in [0.05, 0.1) is 10.9 Å². The molecule has 2 aromatic heterocycles. The lowest BCUT2D eigenvalue weighted by Crippen LogP contribution is -2.02. The number of rotatable bonds is 3. The molecule has 4 nitrogen and oxygen atoms in total. The molecule has 3 atom stereocenters. The molecule has 3 unspecified atom stereocenters. The van der Waals surface area contributed by atoms with E-state index in [-0.39, 0.29) is 5.56 Å². The molecule has 0 amide bonds. The molecule has 2 heterocycles. The van der Waals surface area contributed by atoms with Gasteiger partial charge in [0.25, 0.3) is 5.56 Å². The molecular formula is C11H13BN3OP. The molecule has 0 radical (unpaired) electrons. The van der Waals surface area contributed by atoms with Crippen LogP contribution in [-0.2, 0) is 0 Å². The van der Waals surface area contributed by atoms with E-state index < -0.39 is 0 Å². The van der Waals surface area contributed by atoms with Crippen molar-refractivity contribution < 1.29 is 0 Å². The Bertz CT molecular complexity index is 660. The van der Waals surface area contributed by atoms with Crippen LogP contribution in [0.4, 0.5) is 0 Å². The number of fused-ring (bicyclic) bond motifs is 1. The average Bonchev–Trinajstić information content (AvgIpc) is 2.87. The third kappa shape index (κ3) is 1.95. The fraction of sp³-hybridized carbons (Fsp3) is 0.273. The summed E-state index contributed by atoms with van der Waals surface area (Å²) in [5.74, 6) is 0.658. The van der Waals surface area contributed by atoms with Gasteiger partial charge in [-0.25, -0.2) is 0 Å². The number of hydrogen-bond acceptors (Lipinski definition) is 2. The molecule has 1 aliphatic rings. The van der Waals surface area contributed by atoms with Crippen molar-refractivity contribution in [1.82, 2.24) is 14.5 Å². The van der Waals surface area contributed by atoms with Gasteiger partial charge in [-0.2, -0.15) is 5.10 Å². The molecule has 0 fully saturated rings. The summed E-state index contributed by atoms with van der Waals surface area (Å²) in [6.45, 7) is 2.21. The van der Waals surface area contributed by atoms with Crippen LogP contribution < -0.4 is 5.56 Å². The second-order valence-corrected chi connectivity index (χ2v) is 6.07. The van der Waals surface area contributed by atoms with Gasteiger partial charge in [-0.15, -0.1) is 0 Å². The summed E-state index contributed by atoms with van der Waals surface area (Å²) in [6.07, 6.45) is 5.77. The Morgan fingerprint density at radius 2 is 2.41 bits per heavy atom. The Balaban J connectivity index is 1.89. The first-order valence-corrected chi connectivity index (χ1v) is 6.73. The van der Waals surface area contributed by atoms with Crippen molar-refractivity contribution in [3.05, 3.63) is 40.5 Å². The van der Waals surface area contributed by atoms with Gasteiger partial charge in [0, 0.05) is 26.8 Å². The van der Waals surface area contributed by atoms with E-state index in [0.717, 1.165) is 5.52 Å². The number of pyridine rings is 1. The van der Waals surface area contributed by atoms with Crippen molar-refractivity contribution in [3.8, 4) is 0 Å². The zero-order valence-electron chi connectivity index (χ0n) is 9.77. The summed E-state index contributed by atoms with van der Waals surface area (Å²) in [7, 11) is 2.78. The highest BCUT2D eigenvalue weighted by atomic mass is 31.1. The van der Waals surface area contributed by atoms with E-state index in [9.17, 15) is 4.79 Å². The Hall–Kier alpha value is -1.35. The van der Waals surface area contributed by atoms with E-state index in [0.29, 0.717) is 25.6 Å². The quantitative estimate of drug-likeness (QED) is 0.496. The summed E-state index contributed by atoms with van der Waals surface area (Å²) in [5, 5.41) is 5.10. The molecule has 0 spiro atoms. The summed E-state index contributed by atoms with van der Waals surface area (Å²) >= 11 is 0. The molecule has 3 rings (SSSR count). The van der Waals surface area contributed by atoms with Crippen LogP contribution >= 0.6 is 8.73 Å². The normalized spacial score (nSPS) is 21.0. The predicted octanol–water partition coefficient (Wildman–Crippen LogP) is 0.916. The van der Waals surface area contributed by atoms with E-state index in [1.165, 1.54) is 5.57 Å². The first-order valence-electron chi connectivity index (χ1n) is 5.70. The van der Waals surface area contributed by atoms with E-state index in [4.69, 9.17) is 0 Å². The number of hydrogen-bond donors (Lipinski definition) is 1. The van der Waals surface area contributed by atoms with Gasteiger partial charge < -0.3 is 4.98 Å². The second kappa shape index (κ2) is 3.85. The summed E-state index contributed by atoms with van der Waals surface area (Å²) < 4.78 is 1.90. The minimum atomic E-state index is -0.0646. The Labute approximate surface area is 101 Å². The van der Waals surface area contributed by atoms with Crippen molar-refractivity contribution in [3.63, 3.8) is 0 Å². The molecule has 0 bridgehead atoms. The number of H-pyrrole nitrogens is 1. The van der Waals surface area contributed by atoms with Crippen LogP contribution in [0.3, 0.4) is 0 Å². The van der Waals surface area contributed by atoms with Gasteiger partial charge in [0.15, 0.2) is 0 Å². The molecule has 0 aliphatic heterocycles. The lowest BCUT2D eigenvalue weighted by atomic mass is 9.97. The van der Waals surface area contributed by atoms with Crippen molar-refractivity contribution in [2.24, 2.45) is 0 Å². The van der Waals surface area contributed by atoms with E-state index in [2.05, 4.69) is 30.9 Å². The van der Waals surface area contributed by atoms with Gasteiger partial charge in [0.1, 0.15) is 7.85 Å². The molecule has 17 heavy (non-hydrogen) atoms. The molecule has 1 aliphatic carbocycles. The van der Waals surface area contributed by atoms with Crippen LogP contribution in [0.1, 0.15) is 6.92 Å². The smallest absolute Gasteiger partial charge is 0.259 e. The lowest BCUT2D eigenvalue weighted by Gasteiger charge is -2.08. The van der Waals surface area contributed by atoms with Crippen LogP contribution in [0.2, 0.25) is 5.82 Å². The fourth-order valence-electron chi connectivity index (χ4n) is 2.08. The Kier molecular flexibility index (Phi) is 2.44. The Morgan fingerprint density at radius 1 is 1.65 bits per heavy atom. The number of nitrogens with zero attached hydrogens (tertiary/aromatic N) is 2. The van der Waals surface area contributed by atoms with Crippen molar-refractivity contribution in [2.45, 2.75) is 18.4 Å². The zero-order chi connectivity index (χ0) is 12.0. The highest BCUT2D eigenvalue weighted by Crippen LogP contribution is 2.42. The highest BCUT2D eigenvalue weighted by Gasteiger charge is 2.25. The number of nitrogens with one attached hydrogen (secondary N) is 1. The van der Waals surface area contributed by atoms with Gasteiger partial charge in [-0.1, -0.05) is 18.6 Å². The highest BCUT2D eigenvalue weighted by molar-refractivity contribution is 7.37. The van der Waals surface area contributed by atoms with E-state index in [1.807, 2.05) is 16.7 Å². The van der Waals surface area contributed by atoms with Crippen molar-refractivity contribution in [1.29, 1.82) is 0 Å². The lowest BCUT2D eigenvalue weighted by molar-refractivity contribution is 0.994. The fourth-order valence-corrected chi connectivity index (χ4v) is 3.35. The standard InChI is InChI=1S/C11H13BN3OP/c1-6(7-4-9(7)12)17-15-5-8-10(14-15)2-3-13-11(8)16/h2-6,9,17H,12H2,1H3,(H,13,16). The molecule has 0 saturated heterocycles. The minimum Gasteiger partial charge on any atom is -0.328 e. The third-order valence-electron chi connectivity index (χ3n) is 3.13. The average molecular weight is 245 g/mol. The maximum atomic E-state index is 11.6. The van der Waals surface area contributed by atoms with Gasteiger partial charge >= 0.3 is 0 Å². The van der Waals surface area contributed by atoms with Crippen LogP contribution in [0.5, 0.6) is 0 Å². The SMILES string of the molecule is BC1C=C1C(C)Pn1cc2c(=O)[nH]ccc2n1. The summed E-state index contributed by atoms with van der Waals surface area (Å²) in [4.78, 5) is 14.2. The molecule has 1 N–H and O–H groups in total. The molecule has 2 aromatic rings. The van der Waals surface area contributed by atoms with Gasteiger partial charge in [0.2, 0.25) is 0 Å². The van der Waals surface area contributed by atoms with Gasteiger partial charge in [-0.3, -0.25) is 9.25 Å². The number of allylic oxidation sites excluding steroid dienone is 2. The first-order chi connectivity index (χ1) is 8.15. The molecule has 0 saturated carbocycles. The summed E-state index contributed by atoms with van der Waals surface area (Å²) in [5.41, 5.74) is 2.74. The molecule has 86 valence electrons. The molecule has 0 aromatic carbocycles. The molecule has 6 heteroatoms. The van der Waals surface area contributed by atoms with Gasteiger partial charge in [-0.05, 0) is 11.9 Å². The topological polar surface area (TPSA) is 50.7 Å². The van der Waals surface area contributed by atoms with E-state index in [1.54, 1.807) is 6.20 Å². The molecular weight excluding hydrogens is 232 g/mol. The number of aromatic amines is 1. The van der Waals surface area contributed by atoms with Crippen LogP contribution in [0.15, 0.2) is 34.9 Å². The predicted molar refractivity (Wildman–Crippen MR) is 73.9 cm³/mol. The number of aromatic nitrogens is 3.